The molecule has 0 aliphatic carbocycles. The normalized spacial score (nSPS) is 20.8. The number of aromatic nitrogens is 1. The lowest BCUT2D eigenvalue weighted by Gasteiger charge is -2.36. The van der Waals surface area contributed by atoms with Crippen LogP contribution in [0.25, 0.3) is 10.2 Å². The van der Waals surface area contributed by atoms with E-state index in [1.165, 1.54) is 14.9 Å². The highest BCUT2D eigenvalue weighted by molar-refractivity contribution is 7.89. The van der Waals surface area contributed by atoms with Crippen LogP contribution in [0, 0.1) is 11.8 Å². The van der Waals surface area contributed by atoms with E-state index in [4.69, 9.17) is 4.74 Å². The highest BCUT2D eigenvalue weighted by Crippen LogP contribution is 2.29. The number of carbonyl (C=O) groups excluding carboxylic acids is 2. The number of benzene rings is 1. The van der Waals surface area contributed by atoms with Crippen LogP contribution in [-0.2, 0) is 31.4 Å². The number of nitrogens with zero attached hydrogens (tertiary/aromatic N) is 3. The molecule has 0 spiro atoms. The Kier molecular flexibility index (Phi) is 6.92. The minimum Gasteiger partial charge on any atom is -0.466 e. The first-order valence-electron chi connectivity index (χ1n) is 11.3. The summed E-state index contributed by atoms with van der Waals surface area (Å²) in [5.41, 5.74) is 0.705. The van der Waals surface area contributed by atoms with Gasteiger partial charge in [-0.05, 0) is 50.8 Å². The summed E-state index contributed by atoms with van der Waals surface area (Å²) >= 11 is 1.02. The van der Waals surface area contributed by atoms with Crippen molar-refractivity contribution in [1.29, 1.82) is 0 Å². The van der Waals surface area contributed by atoms with E-state index in [0.717, 1.165) is 24.2 Å². The Labute approximate surface area is 197 Å². The van der Waals surface area contributed by atoms with Crippen LogP contribution < -0.4 is 4.87 Å². The number of ether oxygens (including phenoxy) is 1. The van der Waals surface area contributed by atoms with Crippen molar-refractivity contribution in [3.63, 3.8) is 0 Å². The Morgan fingerprint density at radius 1 is 1.12 bits per heavy atom. The predicted molar refractivity (Wildman–Crippen MR) is 124 cm³/mol. The molecule has 3 heterocycles. The number of thiazole rings is 1. The van der Waals surface area contributed by atoms with Crippen molar-refractivity contribution in [3.05, 3.63) is 27.9 Å². The smallest absolute Gasteiger partial charge is 0.310 e. The number of rotatable bonds is 5. The lowest BCUT2D eigenvalue weighted by Crippen LogP contribution is -2.48. The van der Waals surface area contributed by atoms with Gasteiger partial charge in [-0.3, -0.25) is 14.4 Å². The van der Waals surface area contributed by atoms with E-state index in [-0.39, 0.29) is 46.6 Å². The molecule has 4 rings (SSSR count). The van der Waals surface area contributed by atoms with Gasteiger partial charge in [0, 0.05) is 39.1 Å². The SMILES string of the molecule is CCOC(=O)[C@@H]1CCCN(C(=O)C2CCN(S(=O)(=O)c3ccc4c(c3)sc(=O)n4C)CC2)C1. The fourth-order valence-electron chi connectivity index (χ4n) is 4.65. The van der Waals surface area contributed by atoms with Crippen molar-refractivity contribution in [2.24, 2.45) is 18.9 Å². The van der Waals surface area contributed by atoms with Crippen LogP contribution in [0.1, 0.15) is 32.6 Å². The number of sulfonamides is 1. The number of aryl methyl sites for hydroxylation is 1. The molecule has 2 fully saturated rings. The summed E-state index contributed by atoms with van der Waals surface area (Å²) in [6.45, 7) is 3.61. The standard InChI is InChI=1S/C22H29N3O6S2/c1-3-31-21(27)16-5-4-10-24(14-16)20(26)15-8-11-25(12-9-15)33(29,30)17-6-7-18-19(13-17)32-22(28)23(18)2/h6-7,13,15-16H,3-5,8-12,14H2,1-2H3/t16-/m1/s1. The molecule has 2 aliphatic heterocycles. The maximum Gasteiger partial charge on any atom is 0.310 e. The zero-order chi connectivity index (χ0) is 23.8. The Morgan fingerprint density at radius 2 is 1.85 bits per heavy atom. The van der Waals surface area contributed by atoms with Gasteiger partial charge in [-0.2, -0.15) is 4.31 Å². The lowest BCUT2D eigenvalue weighted by molar-refractivity contribution is -0.152. The number of fused-ring (bicyclic) bond motifs is 1. The first kappa shape index (κ1) is 23.9. The van der Waals surface area contributed by atoms with Gasteiger partial charge in [-0.1, -0.05) is 11.3 Å². The van der Waals surface area contributed by atoms with Crippen LogP contribution in [0.5, 0.6) is 0 Å². The quantitative estimate of drug-likeness (QED) is 0.586. The Morgan fingerprint density at radius 3 is 2.55 bits per heavy atom. The molecule has 0 N–H and O–H groups in total. The average Bonchev–Trinajstić information content (AvgIpc) is 3.11. The predicted octanol–water partition coefficient (Wildman–Crippen LogP) is 1.80. The summed E-state index contributed by atoms with van der Waals surface area (Å²) in [5, 5.41) is 0. The molecule has 0 bridgehead atoms. The second kappa shape index (κ2) is 9.55. The summed E-state index contributed by atoms with van der Waals surface area (Å²) in [6.07, 6.45) is 2.37. The summed E-state index contributed by atoms with van der Waals surface area (Å²) < 4.78 is 35.0. The van der Waals surface area contributed by atoms with Gasteiger partial charge < -0.3 is 14.2 Å². The van der Waals surface area contributed by atoms with Gasteiger partial charge in [0.1, 0.15) is 0 Å². The monoisotopic (exact) mass is 495 g/mol. The molecular formula is C22H29N3O6S2. The van der Waals surface area contributed by atoms with Crippen molar-refractivity contribution in [3.8, 4) is 0 Å². The fraction of sp³-hybridized carbons (Fsp3) is 0.591. The molecule has 180 valence electrons. The second-order valence-corrected chi connectivity index (χ2v) is 11.5. The van der Waals surface area contributed by atoms with Crippen LogP contribution in [0.4, 0.5) is 0 Å². The van der Waals surface area contributed by atoms with Crippen LogP contribution in [-0.4, -0.2) is 66.9 Å². The molecule has 1 aromatic carbocycles. The van der Waals surface area contributed by atoms with E-state index >= 15 is 0 Å². The number of amides is 1. The van der Waals surface area contributed by atoms with Gasteiger partial charge in [0.25, 0.3) is 0 Å². The van der Waals surface area contributed by atoms with E-state index in [2.05, 4.69) is 0 Å². The zero-order valence-corrected chi connectivity index (χ0v) is 20.5. The molecule has 0 radical (unpaired) electrons. The van der Waals surface area contributed by atoms with E-state index in [1.807, 2.05) is 0 Å². The largest absolute Gasteiger partial charge is 0.466 e. The topological polar surface area (TPSA) is 106 Å². The number of likely N-dealkylation sites (tertiary alicyclic amines) is 1. The molecule has 2 aromatic rings. The van der Waals surface area contributed by atoms with E-state index < -0.39 is 10.0 Å². The molecule has 1 atom stereocenters. The highest BCUT2D eigenvalue weighted by Gasteiger charge is 2.36. The highest BCUT2D eigenvalue weighted by atomic mass is 32.2. The van der Waals surface area contributed by atoms with Gasteiger partial charge in [0.15, 0.2) is 0 Å². The van der Waals surface area contributed by atoms with Crippen LogP contribution in [0.3, 0.4) is 0 Å². The summed E-state index contributed by atoms with van der Waals surface area (Å²) in [7, 11) is -2.05. The molecule has 9 nitrogen and oxygen atoms in total. The third-order valence-corrected chi connectivity index (χ3v) is 9.45. The first-order chi connectivity index (χ1) is 15.7. The van der Waals surface area contributed by atoms with Crippen molar-refractivity contribution < 1.29 is 22.7 Å². The molecule has 33 heavy (non-hydrogen) atoms. The third-order valence-electron chi connectivity index (χ3n) is 6.56. The van der Waals surface area contributed by atoms with Crippen LogP contribution in [0.15, 0.2) is 27.9 Å². The first-order valence-corrected chi connectivity index (χ1v) is 13.5. The molecule has 2 aliphatic rings. The van der Waals surface area contributed by atoms with Crippen LogP contribution >= 0.6 is 11.3 Å². The van der Waals surface area contributed by atoms with Crippen molar-refractivity contribution in [2.75, 3.05) is 32.8 Å². The van der Waals surface area contributed by atoms with Gasteiger partial charge >= 0.3 is 10.8 Å². The number of hydrogen-bond acceptors (Lipinski definition) is 7. The summed E-state index contributed by atoms with van der Waals surface area (Å²) in [4.78, 5) is 38.8. The summed E-state index contributed by atoms with van der Waals surface area (Å²) in [6, 6.07) is 4.74. The minimum absolute atomic E-state index is 0.00322. The fourth-order valence-corrected chi connectivity index (χ4v) is 7.14. The summed E-state index contributed by atoms with van der Waals surface area (Å²) in [5.74, 6) is -0.793. The average molecular weight is 496 g/mol. The van der Waals surface area contributed by atoms with E-state index in [1.54, 1.807) is 31.0 Å². The number of piperidine rings is 2. The molecule has 1 aromatic heterocycles. The number of esters is 1. The van der Waals surface area contributed by atoms with Crippen LogP contribution in [0.2, 0.25) is 0 Å². The lowest BCUT2D eigenvalue weighted by atomic mass is 9.93. The van der Waals surface area contributed by atoms with Gasteiger partial charge in [0.2, 0.25) is 15.9 Å². The zero-order valence-electron chi connectivity index (χ0n) is 18.9. The molecule has 2 saturated heterocycles. The molecule has 0 saturated carbocycles. The molecule has 0 unspecified atom stereocenters. The van der Waals surface area contributed by atoms with E-state index in [0.29, 0.717) is 42.8 Å². The molecule has 1 amide bonds. The van der Waals surface area contributed by atoms with Crippen molar-refractivity contribution >= 4 is 43.5 Å². The van der Waals surface area contributed by atoms with E-state index in [9.17, 15) is 22.8 Å². The second-order valence-electron chi connectivity index (χ2n) is 8.61. The van der Waals surface area contributed by atoms with Gasteiger partial charge in [-0.25, -0.2) is 8.42 Å². The van der Waals surface area contributed by atoms with Crippen molar-refractivity contribution in [2.45, 2.75) is 37.5 Å². The van der Waals surface area contributed by atoms with Gasteiger partial charge in [0.05, 0.1) is 27.6 Å². The Hall–Kier alpha value is -2.24. The molecule has 11 heteroatoms. The van der Waals surface area contributed by atoms with Gasteiger partial charge in [-0.15, -0.1) is 0 Å². The third kappa shape index (κ3) is 4.71. The Bertz CT molecular complexity index is 1210. The maximum atomic E-state index is 13.2. The number of hydrogen-bond donors (Lipinski definition) is 0. The van der Waals surface area contributed by atoms with Crippen molar-refractivity contribution in [1.82, 2.24) is 13.8 Å². The molecular weight excluding hydrogens is 466 g/mol. The maximum absolute atomic E-state index is 13.2. The number of carbonyl (C=O) groups is 2. The minimum atomic E-state index is -3.71. The Balaban J connectivity index is 1.40.